The van der Waals surface area contributed by atoms with E-state index in [1.54, 1.807) is 0 Å². The highest BCUT2D eigenvalue weighted by atomic mass is 16.6. The summed E-state index contributed by atoms with van der Waals surface area (Å²) < 4.78 is 16.9. The fraction of sp³-hybridized carbons (Fsp3) is 0.806. The molecular formula is C67H120O6. The summed E-state index contributed by atoms with van der Waals surface area (Å²) in [6.45, 7) is 6.62. The molecule has 0 radical (unpaired) electrons. The molecule has 0 aromatic heterocycles. The molecule has 1 atom stereocenters. The summed E-state index contributed by atoms with van der Waals surface area (Å²) in [6.07, 6.45) is 77.9. The number of carbonyl (C=O) groups is 3. The van der Waals surface area contributed by atoms with Crippen LogP contribution in [0.3, 0.4) is 0 Å². The molecule has 0 heterocycles. The summed E-state index contributed by atoms with van der Waals surface area (Å²) in [5, 5.41) is 0. The van der Waals surface area contributed by atoms with E-state index in [-0.39, 0.29) is 31.1 Å². The Balaban J connectivity index is 4.39. The summed E-state index contributed by atoms with van der Waals surface area (Å²) in [4.78, 5) is 38.3. The van der Waals surface area contributed by atoms with Crippen molar-refractivity contribution in [2.45, 2.75) is 335 Å². The number of unbranched alkanes of at least 4 members (excludes halogenated alkanes) is 37. The standard InChI is InChI=1S/C67H120O6/c1-4-7-10-13-16-19-22-25-28-30-32-33-35-37-40-43-46-49-52-55-58-61-67(70)73-64(62-71-65(68)59-56-53-50-47-44-41-38-27-24-21-18-15-12-9-6-3)63-72-66(69)60-57-54-51-48-45-42-39-36-34-31-29-26-23-20-17-14-11-8-5-2/h17,20-21,24,26,29,34,36,42,45,64H,4-16,18-19,22-23,25,27-28,30-33,35,37-41,43-44,46-63H2,1-3H3/b20-17-,24-21-,29-26-,36-34-,45-42-/t64-/m0/s1. The summed E-state index contributed by atoms with van der Waals surface area (Å²) >= 11 is 0. The van der Waals surface area contributed by atoms with E-state index < -0.39 is 6.10 Å². The molecule has 0 saturated carbocycles. The van der Waals surface area contributed by atoms with E-state index >= 15 is 0 Å². The highest BCUT2D eigenvalue weighted by Crippen LogP contribution is 2.17. The van der Waals surface area contributed by atoms with E-state index in [0.717, 1.165) is 83.5 Å². The zero-order valence-electron chi connectivity index (χ0n) is 48.7. The van der Waals surface area contributed by atoms with Crippen LogP contribution in [-0.4, -0.2) is 37.2 Å². The van der Waals surface area contributed by atoms with Crippen molar-refractivity contribution in [3.63, 3.8) is 0 Å². The lowest BCUT2D eigenvalue weighted by Gasteiger charge is -2.18. The minimum atomic E-state index is -0.788. The van der Waals surface area contributed by atoms with Crippen LogP contribution in [0.1, 0.15) is 329 Å². The highest BCUT2D eigenvalue weighted by Gasteiger charge is 2.19. The number of carbonyl (C=O) groups excluding carboxylic acids is 3. The van der Waals surface area contributed by atoms with Crippen molar-refractivity contribution in [2.75, 3.05) is 13.2 Å². The van der Waals surface area contributed by atoms with E-state index in [2.05, 4.69) is 81.5 Å². The Hall–Kier alpha value is -2.89. The Morgan fingerprint density at radius 1 is 0.274 bits per heavy atom. The lowest BCUT2D eigenvalue weighted by Crippen LogP contribution is -2.30. The summed E-state index contributed by atoms with van der Waals surface area (Å²) in [7, 11) is 0. The Kier molecular flexibility index (Phi) is 59.2. The lowest BCUT2D eigenvalue weighted by molar-refractivity contribution is -0.167. The normalized spacial score (nSPS) is 12.4. The van der Waals surface area contributed by atoms with Crippen molar-refractivity contribution >= 4 is 17.9 Å². The molecule has 0 rings (SSSR count). The lowest BCUT2D eigenvalue weighted by atomic mass is 10.0. The molecule has 0 aromatic carbocycles. The van der Waals surface area contributed by atoms with Crippen LogP contribution in [0.4, 0.5) is 0 Å². The van der Waals surface area contributed by atoms with E-state index in [1.165, 1.54) is 205 Å². The zero-order valence-corrected chi connectivity index (χ0v) is 48.7. The first-order valence-electron chi connectivity index (χ1n) is 31.8. The van der Waals surface area contributed by atoms with Crippen molar-refractivity contribution in [2.24, 2.45) is 0 Å². The Morgan fingerprint density at radius 2 is 0.493 bits per heavy atom. The summed E-state index contributed by atoms with van der Waals surface area (Å²) in [6, 6.07) is 0. The van der Waals surface area contributed by atoms with Gasteiger partial charge in [0.05, 0.1) is 0 Å². The first-order valence-corrected chi connectivity index (χ1v) is 31.8. The van der Waals surface area contributed by atoms with Crippen LogP contribution in [-0.2, 0) is 28.6 Å². The minimum Gasteiger partial charge on any atom is -0.462 e. The molecular weight excluding hydrogens is 901 g/mol. The molecule has 6 nitrogen and oxygen atoms in total. The topological polar surface area (TPSA) is 78.9 Å². The molecule has 0 fully saturated rings. The molecule has 73 heavy (non-hydrogen) atoms. The molecule has 0 bridgehead atoms. The zero-order chi connectivity index (χ0) is 52.9. The predicted octanol–water partition coefficient (Wildman–Crippen LogP) is 21.6. The third-order valence-electron chi connectivity index (χ3n) is 14.0. The number of hydrogen-bond donors (Lipinski definition) is 0. The van der Waals surface area contributed by atoms with Crippen LogP contribution in [0.15, 0.2) is 60.8 Å². The van der Waals surface area contributed by atoms with Crippen molar-refractivity contribution in [3.8, 4) is 0 Å². The maximum atomic E-state index is 12.9. The Labute approximate surface area is 453 Å². The quantitative estimate of drug-likeness (QED) is 0.0261. The van der Waals surface area contributed by atoms with Gasteiger partial charge in [-0.15, -0.1) is 0 Å². The van der Waals surface area contributed by atoms with Gasteiger partial charge in [-0.2, -0.15) is 0 Å². The van der Waals surface area contributed by atoms with E-state index in [9.17, 15) is 14.4 Å². The van der Waals surface area contributed by atoms with Gasteiger partial charge < -0.3 is 14.2 Å². The number of ether oxygens (including phenoxy) is 3. The van der Waals surface area contributed by atoms with Gasteiger partial charge in [0, 0.05) is 19.3 Å². The fourth-order valence-corrected chi connectivity index (χ4v) is 9.19. The van der Waals surface area contributed by atoms with Crippen LogP contribution in [0.25, 0.3) is 0 Å². The van der Waals surface area contributed by atoms with Crippen molar-refractivity contribution in [1.29, 1.82) is 0 Å². The first-order chi connectivity index (χ1) is 36.0. The SMILES string of the molecule is CCCCC/C=C\C/C=C\C/C=C\C/C=C\CCCCCC(=O)OC[C@H](COC(=O)CCCCCCCCC/C=C\CCCCCC)OC(=O)CCCCCCCCCCCCCCCCCCCCCCC. The maximum absolute atomic E-state index is 12.9. The number of rotatable bonds is 58. The number of hydrogen-bond acceptors (Lipinski definition) is 6. The largest absolute Gasteiger partial charge is 0.462 e. The molecule has 0 aliphatic carbocycles. The van der Waals surface area contributed by atoms with E-state index in [1.807, 2.05) is 0 Å². The monoisotopic (exact) mass is 1020 g/mol. The molecule has 0 spiro atoms. The predicted molar refractivity (Wildman–Crippen MR) is 316 cm³/mol. The van der Waals surface area contributed by atoms with E-state index in [0.29, 0.717) is 19.3 Å². The van der Waals surface area contributed by atoms with Crippen molar-refractivity contribution in [1.82, 2.24) is 0 Å². The second kappa shape index (κ2) is 61.7. The van der Waals surface area contributed by atoms with Crippen LogP contribution < -0.4 is 0 Å². The third-order valence-corrected chi connectivity index (χ3v) is 14.0. The average molecular weight is 1020 g/mol. The minimum absolute atomic E-state index is 0.0839. The molecule has 6 heteroatoms. The van der Waals surface area contributed by atoms with Gasteiger partial charge in [0.2, 0.25) is 0 Å². The van der Waals surface area contributed by atoms with Gasteiger partial charge in [0.15, 0.2) is 6.10 Å². The Morgan fingerprint density at radius 3 is 0.836 bits per heavy atom. The first kappa shape index (κ1) is 70.1. The number of esters is 3. The van der Waals surface area contributed by atoms with Gasteiger partial charge in [-0.05, 0) is 89.9 Å². The fourth-order valence-electron chi connectivity index (χ4n) is 9.19. The van der Waals surface area contributed by atoms with Gasteiger partial charge >= 0.3 is 17.9 Å². The molecule has 424 valence electrons. The molecule has 0 saturated heterocycles. The molecule has 0 aromatic rings. The van der Waals surface area contributed by atoms with Crippen LogP contribution in [0, 0.1) is 0 Å². The summed E-state index contributed by atoms with van der Waals surface area (Å²) in [5.41, 5.74) is 0. The van der Waals surface area contributed by atoms with E-state index in [4.69, 9.17) is 14.2 Å². The summed E-state index contributed by atoms with van der Waals surface area (Å²) in [5.74, 6) is -0.902. The molecule has 0 amide bonds. The van der Waals surface area contributed by atoms with Gasteiger partial charge in [0.25, 0.3) is 0 Å². The van der Waals surface area contributed by atoms with Crippen LogP contribution >= 0.6 is 0 Å². The van der Waals surface area contributed by atoms with Gasteiger partial charge in [-0.1, -0.05) is 281 Å². The van der Waals surface area contributed by atoms with Gasteiger partial charge in [-0.25, -0.2) is 0 Å². The molecule has 0 aliphatic heterocycles. The van der Waals surface area contributed by atoms with Crippen LogP contribution in [0.5, 0.6) is 0 Å². The van der Waals surface area contributed by atoms with Crippen LogP contribution in [0.2, 0.25) is 0 Å². The Bertz CT molecular complexity index is 1310. The third kappa shape index (κ3) is 59.9. The second-order valence-electron chi connectivity index (χ2n) is 21.3. The molecule has 0 aliphatic rings. The smallest absolute Gasteiger partial charge is 0.306 e. The molecule has 0 N–H and O–H groups in total. The highest BCUT2D eigenvalue weighted by molar-refractivity contribution is 5.71. The number of allylic oxidation sites excluding steroid dienone is 10. The van der Waals surface area contributed by atoms with Crippen molar-refractivity contribution in [3.05, 3.63) is 60.8 Å². The van der Waals surface area contributed by atoms with Gasteiger partial charge in [-0.3, -0.25) is 14.4 Å². The second-order valence-corrected chi connectivity index (χ2v) is 21.3. The van der Waals surface area contributed by atoms with Crippen molar-refractivity contribution < 1.29 is 28.6 Å². The molecule has 0 unspecified atom stereocenters. The maximum Gasteiger partial charge on any atom is 0.306 e. The average Bonchev–Trinajstić information content (AvgIpc) is 3.39. The van der Waals surface area contributed by atoms with Gasteiger partial charge in [0.1, 0.15) is 13.2 Å².